The van der Waals surface area contributed by atoms with E-state index in [-0.39, 0.29) is 5.56 Å². The van der Waals surface area contributed by atoms with Crippen LogP contribution in [-0.4, -0.2) is 32.7 Å². The monoisotopic (exact) mass is 293 g/mol. The van der Waals surface area contributed by atoms with Gasteiger partial charge in [0.05, 0.1) is 6.20 Å². The van der Waals surface area contributed by atoms with E-state index in [1.807, 2.05) is 0 Å². The number of benzene rings is 1. The Morgan fingerprint density at radius 3 is 2.76 bits per heavy atom. The molecule has 21 heavy (non-hydrogen) atoms. The summed E-state index contributed by atoms with van der Waals surface area (Å²) in [5.74, 6) is -2.23. The molecule has 1 atom stereocenters. The number of fused-ring (bicyclic) bond motifs is 1. The van der Waals surface area contributed by atoms with Crippen molar-refractivity contribution in [3.63, 3.8) is 0 Å². The summed E-state index contributed by atoms with van der Waals surface area (Å²) < 4.78 is 26.3. The van der Waals surface area contributed by atoms with Crippen LogP contribution in [0.3, 0.4) is 0 Å². The summed E-state index contributed by atoms with van der Waals surface area (Å²) in [5, 5.41) is 16.8. The van der Waals surface area contributed by atoms with E-state index in [2.05, 4.69) is 10.2 Å². The molecule has 1 aromatic carbocycles. The molecule has 1 aliphatic rings. The van der Waals surface area contributed by atoms with E-state index in [0.29, 0.717) is 25.6 Å². The van der Waals surface area contributed by atoms with Crippen LogP contribution in [0.25, 0.3) is 0 Å². The number of H-pyrrole nitrogens is 1. The van der Waals surface area contributed by atoms with Gasteiger partial charge in [0.2, 0.25) is 0 Å². The summed E-state index contributed by atoms with van der Waals surface area (Å²) in [6.07, 6.45) is 0.651. The lowest BCUT2D eigenvalue weighted by Gasteiger charge is -2.28. The minimum Gasteiger partial charge on any atom is -0.378 e. The van der Waals surface area contributed by atoms with Crippen molar-refractivity contribution >= 4 is 5.91 Å². The van der Waals surface area contributed by atoms with Gasteiger partial charge in [-0.05, 0) is 17.7 Å². The topological polar surface area (TPSA) is 69.2 Å². The first-order valence-corrected chi connectivity index (χ1v) is 6.48. The fraction of sp³-hybridized carbons (Fsp3) is 0.286. The Balaban J connectivity index is 1.79. The second kappa shape index (κ2) is 5.25. The first-order chi connectivity index (χ1) is 10.0. The smallest absolute Gasteiger partial charge is 0.256 e. The van der Waals surface area contributed by atoms with Crippen molar-refractivity contribution < 1.29 is 18.7 Å². The maximum Gasteiger partial charge on any atom is 0.256 e. The van der Waals surface area contributed by atoms with Gasteiger partial charge in [0, 0.05) is 36.8 Å². The number of carbonyl (C=O) groups is 1. The summed E-state index contributed by atoms with van der Waals surface area (Å²) in [5.41, 5.74) is 1.76. The minimum absolute atomic E-state index is 0.0875. The van der Waals surface area contributed by atoms with Gasteiger partial charge < -0.3 is 10.0 Å². The zero-order valence-electron chi connectivity index (χ0n) is 11.0. The molecule has 1 unspecified atom stereocenters. The second-order valence-electron chi connectivity index (χ2n) is 4.99. The third-order valence-corrected chi connectivity index (χ3v) is 3.55. The molecule has 2 heterocycles. The lowest BCUT2D eigenvalue weighted by Crippen LogP contribution is -2.38. The maximum absolute atomic E-state index is 13.2. The average Bonchev–Trinajstić information content (AvgIpc) is 2.92. The standard InChI is InChI=1S/C14H13F2N3O2/c15-10-3-8(4-11(16)5-10)13(20)14(21)19-2-1-12-9(7-19)6-17-18-12/h3-6,13,20H,1-2,7H2,(H,17,18). The lowest BCUT2D eigenvalue weighted by atomic mass is 10.0. The van der Waals surface area contributed by atoms with Gasteiger partial charge in [-0.15, -0.1) is 0 Å². The van der Waals surface area contributed by atoms with Gasteiger partial charge in [-0.2, -0.15) is 5.10 Å². The quantitative estimate of drug-likeness (QED) is 0.877. The predicted molar refractivity (Wildman–Crippen MR) is 69.0 cm³/mol. The zero-order valence-corrected chi connectivity index (χ0v) is 11.0. The molecule has 1 amide bonds. The van der Waals surface area contributed by atoms with Gasteiger partial charge in [0.1, 0.15) is 11.6 Å². The third kappa shape index (κ3) is 2.64. The number of hydrogen-bond acceptors (Lipinski definition) is 3. The van der Waals surface area contributed by atoms with Crippen LogP contribution in [0.4, 0.5) is 8.78 Å². The van der Waals surface area contributed by atoms with Crippen LogP contribution >= 0.6 is 0 Å². The molecule has 0 fully saturated rings. The molecule has 2 aromatic rings. The number of rotatable bonds is 2. The number of carbonyl (C=O) groups excluding carboxylic acids is 1. The van der Waals surface area contributed by atoms with Gasteiger partial charge in [0.25, 0.3) is 5.91 Å². The number of aliphatic hydroxyl groups is 1. The SMILES string of the molecule is O=C(C(O)c1cc(F)cc(F)c1)N1CCc2[nH]ncc2C1. The summed E-state index contributed by atoms with van der Waals surface area (Å²) in [4.78, 5) is 13.7. The van der Waals surface area contributed by atoms with Crippen molar-refractivity contribution in [3.05, 3.63) is 52.9 Å². The summed E-state index contributed by atoms with van der Waals surface area (Å²) in [6.45, 7) is 0.739. The molecular weight excluding hydrogens is 280 g/mol. The molecule has 0 bridgehead atoms. The molecule has 0 spiro atoms. The van der Waals surface area contributed by atoms with E-state index in [0.717, 1.165) is 23.4 Å². The van der Waals surface area contributed by atoms with Crippen LogP contribution in [0.1, 0.15) is 22.9 Å². The molecule has 0 saturated heterocycles. The molecule has 0 radical (unpaired) electrons. The third-order valence-electron chi connectivity index (χ3n) is 3.55. The highest BCUT2D eigenvalue weighted by atomic mass is 19.1. The Kier molecular flexibility index (Phi) is 3.42. The van der Waals surface area contributed by atoms with Crippen LogP contribution in [0.5, 0.6) is 0 Å². The number of aliphatic hydroxyl groups excluding tert-OH is 1. The van der Waals surface area contributed by atoms with Crippen molar-refractivity contribution in [3.8, 4) is 0 Å². The normalized spacial score (nSPS) is 15.7. The Bertz CT molecular complexity index is 666. The van der Waals surface area contributed by atoms with Gasteiger partial charge in [0.15, 0.2) is 6.10 Å². The molecule has 1 aromatic heterocycles. The first-order valence-electron chi connectivity index (χ1n) is 6.48. The van der Waals surface area contributed by atoms with Gasteiger partial charge in [-0.1, -0.05) is 0 Å². The molecule has 3 rings (SSSR count). The number of amides is 1. The Labute approximate surface area is 119 Å². The van der Waals surface area contributed by atoms with Gasteiger partial charge in [-0.3, -0.25) is 9.89 Å². The number of hydrogen-bond donors (Lipinski definition) is 2. The van der Waals surface area contributed by atoms with Crippen LogP contribution < -0.4 is 0 Å². The van der Waals surface area contributed by atoms with E-state index in [1.165, 1.54) is 4.90 Å². The summed E-state index contributed by atoms with van der Waals surface area (Å²) >= 11 is 0. The maximum atomic E-state index is 13.2. The molecule has 2 N–H and O–H groups in total. The molecule has 5 nitrogen and oxygen atoms in total. The van der Waals surface area contributed by atoms with Crippen LogP contribution in [-0.2, 0) is 17.8 Å². The molecule has 0 saturated carbocycles. The fourth-order valence-corrected chi connectivity index (χ4v) is 2.46. The molecule has 110 valence electrons. The highest BCUT2D eigenvalue weighted by Gasteiger charge is 2.28. The highest BCUT2D eigenvalue weighted by Crippen LogP contribution is 2.22. The second-order valence-corrected chi connectivity index (χ2v) is 4.99. The molecule has 7 heteroatoms. The van der Waals surface area contributed by atoms with Crippen LogP contribution in [0.15, 0.2) is 24.4 Å². The van der Waals surface area contributed by atoms with E-state index in [1.54, 1.807) is 6.20 Å². The number of halogens is 2. The van der Waals surface area contributed by atoms with Crippen LogP contribution in [0.2, 0.25) is 0 Å². The van der Waals surface area contributed by atoms with Crippen molar-refractivity contribution in [2.45, 2.75) is 19.1 Å². The lowest BCUT2D eigenvalue weighted by molar-refractivity contribution is -0.141. The van der Waals surface area contributed by atoms with E-state index in [9.17, 15) is 18.7 Å². The van der Waals surface area contributed by atoms with Crippen molar-refractivity contribution in [1.82, 2.24) is 15.1 Å². The number of nitrogens with zero attached hydrogens (tertiary/aromatic N) is 2. The molecule has 1 aliphatic heterocycles. The Morgan fingerprint density at radius 2 is 2.05 bits per heavy atom. The van der Waals surface area contributed by atoms with Crippen molar-refractivity contribution in [2.24, 2.45) is 0 Å². The van der Waals surface area contributed by atoms with Gasteiger partial charge >= 0.3 is 0 Å². The van der Waals surface area contributed by atoms with Gasteiger partial charge in [-0.25, -0.2) is 8.78 Å². The van der Waals surface area contributed by atoms with Crippen molar-refractivity contribution in [1.29, 1.82) is 0 Å². The number of aromatic nitrogens is 2. The van der Waals surface area contributed by atoms with Crippen molar-refractivity contribution in [2.75, 3.05) is 6.54 Å². The first kappa shape index (κ1) is 13.7. The van der Waals surface area contributed by atoms with E-state index >= 15 is 0 Å². The largest absolute Gasteiger partial charge is 0.378 e. The Hall–Kier alpha value is -2.28. The fourth-order valence-electron chi connectivity index (χ4n) is 2.46. The Morgan fingerprint density at radius 1 is 1.33 bits per heavy atom. The van der Waals surface area contributed by atoms with E-state index < -0.39 is 23.6 Å². The van der Waals surface area contributed by atoms with E-state index in [4.69, 9.17) is 0 Å². The van der Waals surface area contributed by atoms with Crippen LogP contribution in [0, 0.1) is 11.6 Å². The highest BCUT2D eigenvalue weighted by molar-refractivity contribution is 5.82. The predicted octanol–water partition coefficient (Wildman–Crippen LogP) is 1.31. The number of aromatic amines is 1. The zero-order chi connectivity index (χ0) is 15.0. The summed E-state index contributed by atoms with van der Waals surface area (Å²) in [7, 11) is 0. The summed E-state index contributed by atoms with van der Waals surface area (Å²) in [6, 6.07) is 2.61. The average molecular weight is 293 g/mol. The minimum atomic E-state index is -1.58. The number of nitrogens with one attached hydrogen (secondary N) is 1. The molecule has 0 aliphatic carbocycles. The molecular formula is C14H13F2N3O2.